The minimum atomic E-state index is 0.0179. The number of rotatable bonds is 5. The molecule has 0 radical (unpaired) electrons. The number of carbonyl (C=O) groups is 1. The number of hydrogen-bond donors (Lipinski definition) is 0. The quantitative estimate of drug-likeness (QED) is 0.698. The molecule has 0 N–H and O–H groups in total. The van der Waals surface area contributed by atoms with Crippen molar-refractivity contribution in [3.63, 3.8) is 0 Å². The standard InChI is InChI=1S/C27H36N4O2/c1-29-14-16-30(17-15-29)26-23(4-2-12-28-26)20-24-5-3-13-31(27(24)32)25-8-6-21(7-9-25)22-10-18-33-19-11-22/h2,4,6-9,12,22,24H,3,5,10-11,13-20H2,1H3. The summed E-state index contributed by atoms with van der Waals surface area (Å²) in [6, 6.07) is 12.9. The topological polar surface area (TPSA) is 48.9 Å². The third kappa shape index (κ3) is 5.07. The zero-order chi connectivity index (χ0) is 22.6. The molecule has 3 fully saturated rings. The number of likely N-dealkylation sites (N-methyl/N-ethyl adjacent to an activating group) is 1. The van der Waals surface area contributed by atoms with E-state index in [0.717, 1.165) is 89.5 Å². The summed E-state index contributed by atoms with van der Waals surface area (Å²) in [6.07, 6.45) is 6.82. The van der Waals surface area contributed by atoms with Crippen molar-refractivity contribution < 1.29 is 9.53 Å². The van der Waals surface area contributed by atoms with Crippen molar-refractivity contribution in [2.75, 3.05) is 62.8 Å². The number of piperidine rings is 1. The summed E-state index contributed by atoms with van der Waals surface area (Å²) in [5, 5.41) is 0. The summed E-state index contributed by atoms with van der Waals surface area (Å²) in [5.41, 5.74) is 3.61. The molecule has 0 bridgehead atoms. The minimum Gasteiger partial charge on any atom is -0.381 e. The lowest BCUT2D eigenvalue weighted by Gasteiger charge is -2.36. The molecule has 1 unspecified atom stereocenters. The first-order valence-corrected chi connectivity index (χ1v) is 12.6. The third-order valence-corrected chi connectivity index (χ3v) is 7.58. The largest absolute Gasteiger partial charge is 0.381 e. The lowest BCUT2D eigenvalue weighted by atomic mass is 9.89. The molecule has 6 nitrogen and oxygen atoms in total. The van der Waals surface area contributed by atoms with E-state index in [4.69, 9.17) is 9.72 Å². The molecule has 33 heavy (non-hydrogen) atoms. The zero-order valence-corrected chi connectivity index (χ0v) is 19.8. The van der Waals surface area contributed by atoms with Gasteiger partial charge in [0, 0.05) is 63.7 Å². The molecule has 3 saturated heterocycles. The number of anilines is 2. The zero-order valence-electron chi connectivity index (χ0n) is 19.8. The van der Waals surface area contributed by atoms with Crippen molar-refractivity contribution in [2.24, 2.45) is 5.92 Å². The van der Waals surface area contributed by atoms with E-state index >= 15 is 0 Å². The van der Waals surface area contributed by atoms with Gasteiger partial charge in [0.15, 0.2) is 0 Å². The summed E-state index contributed by atoms with van der Waals surface area (Å²) < 4.78 is 5.50. The van der Waals surface area contributed by atoms with E-state index in [0.29, 0.717) is 5.92 Å². The first-order chi connectivity index (χ1) is 16.2. The summed E-state index contributed by atoms with van der Waals surface area (Å²) >= 11 is 0. The van der Waals surface area contributed by atoms with Crippen molar-refractivity contribution in [1.82, 2.24) is 9.88 Å². The molecule has 0 saturated carbocycles. The summed E-state index contributed by atoms with van der Waals surface area (Å²) in [4.78, 5) is 25.0. The Balaban J connectivity index is 1.28. The van der Waals surface area contributed by atoms with E-state index in [1.165, 1.54) is 11.1 Å². The predicted molar refractivity (Wildman–Crippen MR) is 132 cm³/mol. The fourth-order valence-corrected chi connectivity index (χ4v) is 5.51. The van der Waals surface area contributed by atoms with Gasteiger partial charge in [-0.1, -0.05) is 18.2 Å². The third-order valence-electron chi connectivity index (χ3n) is 7.58. The molecular formula is C27H36N4O2. The molecule has 5 rings (SSSR count). The van der Waals surface area contributed by atoms with Gasteiger partial charge in [0.25, 0.3) is 0 Å². The van der Waals surface area contributed by atoms with Crippen molar-refractivity contribution in [3.8, 4) is 0 Å². The van der Waals surface area contributed by atoms with Crippen LogP contribution in [-0.2, 0) is 16.0 Å². The monoisotopic (exact) mass is 448 g/mol. The van der Waals surface area contributed by atoms with Gasteiger partial charge in [0.05, 0.1) is 0 Å². The highest BCUT2D eigenvalue weighted by Gasteiger charge is 2.31. The van der Waals surface area contributed by atoms with Gasteiger partial charge in [-0.15, -0.1) is 0 Å². The van der Waals surface area contributed by atoms with Crippen LogP contribution in [0.15, 0.2) is 42.6 Å². The van der Waals surface area contributed by atoms with Crippen molar-refractivity contribution >= 4 is 17.4 Å². The Hall–Kier alpha value is -2.44. The highest BCUT2D eigenvalue weighted by molar-refractivity contribution is 5.96. The molecular weight excluding hydrogens is 412 g/mol. The van der Waals surface area contributed by atoms with E-state index in [1.54, 1.807) is 0 Å². The average Bonchev–Trinajstić information content (AvgIpc) is 2.87. The van der Waals surface area contributed by atoms with Crippen LogP contribution in [0.3, 0.4) is 0 Å². The Morgan fingerprint density at radius 1 is 0.970 bits per heavy atom. The predicted octanol–water partition coefficient (Wildman–Crippen LogP) is 3.71. The fourth-order valence-electron chi connectivity index (χ4n) is 5.51. The number of nitrogens with zero attached hydrogens (tertiary/aromatic N) is 4. The van der Waals surface area contributed by atoms with Gasteiger partial charge in [-0.25, -0.2) is 4.98 Å². The van der Waals surface area contributed by atoms with Gasteiger partial charge in [0.1, 0.15) is 5.82 Å². The lowest BCUT2D eigenvalue weighted by molar-refractivity contribution is -0.123. The smallest absolute Gasteiger partial charge is 0.230 e. The van der Waals surface area contributed by atoms with Crippen molar-refractivity contribution in [2.45, 2.75) is 38.0 Å². The molecule has 4 heterocycles. The second-order valence-corrected chi connectivity index (χ2v) is 9.79. The average molecular weight is 449 g/mol. The molecule has 1 aromatic heterocycles. The Kier molecular flexibility index (Phi) is 6.93. The minimum absolute atomic E-state index is 0.0179. The number of amides is 1. The van der Waals surface area contributed by atoms with Crippen LogP contribution in [0.2, 0.25) is 0 Å². The van der Waals surface area contributed by atoms with Crippen molar-refractivity contribution in [3.05, 3.63) is 53.7 Å². The van der Waals surface area contributed by atoms with Crippen LogP contribution in [0.1, 0.15) is 42.7 Å². The highest BCUT2D eigenvalue weighted by Crippen LogP contribution is 2.32. The number of carbonyl (C=O) groups excluding carboxylic acids is 1. The van der Waals surface area contributed by atoms with Gasteiger partial charge in [-0.05, 0) is 74.4 Å². The molecule has 2 aromatic rings. The van der Waals surface area contributed by atoms with Gasteiger partial charge in [0.2, 0.25) is 5.91 Å². The van der Waals surface area contributed by atoms with Crippen LogP contribution in [0.5, 0.6) is 0 Å². The Labute approximate surface area is 197 Å². The van der Waals surface area contributed by atoms with Gasteiger partial charge >= 0.3 is 0 Å². The molecule has 0 aliphatic carbocycles. The van der Waals surface area contributed by atoms with E-state index in [9.17, 15) is 4.79 Å². The maximum absolute atomic E-state index is 13.5. The molecule has 6 heteroatoms. The van der Waals surface area contributed by atoms with Crippen LogP contribution >= 0.6 is 0 Å². The number of benzene rings is 1. The van der Waals surface area contributed by atoms with Crippen molar-refractivity contribution in [1.29, 1.82) is 0 Å². The normalized spacial score (nSPS) is 23.2. The molecule has 1 aromatic carbocycles. The number of ether oxygens (including phenoxy) is 1. The summed E-state index contributed by atoms with van der Waals surface area (Å²) in [6.45, 7) is 6.60. The molecule has 176 valence electrons. The second kappa shape index (κ2) is 10.2. The van der Waals surface area contributed by atoms with E-state index in [-0.39, 0.29) is 11.8 Å². The van der Waals surface area contributed by atoms with Crippen LogP contribution < -0.4 is 9.80 Å². The van der Waals surface area contributed by atoms with Crippen LogP contribution in [-0.4, -0.2) is 68.8 Å². The van der Waals surface area contributed by atoms with Crippen LogP contribution in [0, 0.1) is 5.92 Å². The lowest BCUT2D eigenvalue weighted by Crippen LogP contribution is -2.45. The fraction of sp³-hybridized carbons (Fsp3) is 0.556. The van der Waals surface area contributed by atoms with Crippen LogP contribution in [0.4, 0.5) is 11.5 Å². The number of piperazine rings is 1. The number of pyridine rings is 1. The Morgan fingerprint density at radius 3 is 2.48 bits per heavy atom. The Bertz CT molecular complexity index is 933. The Morgan fingerprint density at radius 2 is 1.73 bits per heavy atom. The molecule has 0 spiro atoms. The van der Waals surface area contributed by atoms with E-state index in [1.807, 2.05) is 17.2 Å². The van der Waals surface area contributed by atoms with E-state index < -0.39 is 0 Å². The van der Waals surface area contributed by atoms with Crippen LogP contribution in [0.25, 0.3) is 0 Å². The molecule has 3 aliphatic rings. The number of hydrogen-bond acceptors (Lipinski definition) is 5. The summed E-state index contributed by atoms with van der Waals surface area (Å²) in [5.74, 6) is 1.92. The first-order valence-electron chi connectivity index (χ1n) is 12.6. The van der Waals surface area contributed by atoms with Gasteiger partial charge in [-0.3, -0.25) is 4.79 Å². The maximum Gasteiger partial charge on any atom is 0.230 e. The van der Waals surface area contributed by atoms with Gasteiger partial charge in [-0.2, -0.15) is 0 Å². The van der Waals surface area contributed by atoms with Gasteiger partial charge < -0.3 is 19.4 Å². The first kappa shape index (κ1) is 22.4. The molecule has 3 aliphatic heterocycles. The molecule has 1 atom stereocenters. The summed E-state index contributed by atoms with van der Waals surface area (Å²) in [7, 11) is 2.17. The van der Waals surface area contributed by atoms with E-state index in [2.05, 4.69) is 47.2 Å². The molecule has 1 amide bonds. The SMILES string of the molecule is CN1CCN(c2ncccc2CC2CCCN(c3ccc(C4CCOCC4)cc3)C2=O)CC1. The number of aromatic nitrogens is 1. The second-order valence-electron chi connectivity index (χ2n) is 9.79. The maximum atomic E-state index is 13.5. The highest BCUT2D eigenvalue weighted by atomic mass is 16.5.